The van der Waals surface area contributed by atoms with E-state index in [4.69, 9.17) is 4.74 Å². The molecule has 4 nitrogen and oxygen atoms in total. The van der Waals surface area contributed by atoms with Crippen molar-refractivity contribution >= 4 is 11.8 Å². The zero-order valence-corrected chi connectivity index (χ0v) is 17.9. The molecule has 0 spiro atoms. The number of rotatable bonds is 5. The normalized spacial score (nSPS) is 11.7. The van der Waals surface area contributed by atoms with Crippen LogP contribution in [0.25, 0.3) is 11.1 Å². The van der Waals surface area contributed by atoms with E-state index in [1.165, 1.54) is 22.3 Å². The van der Waals surface area contributed by atoms with Crippen molar-refractivity contribution in [1.29, 1.82) is 0 Å². The van der Waals surface area contributed by atoms with E-state index in [2.05, 4.69) is 41.4 Å². The molecule has 0 atom stereocenters. The molecular formula is C27H26N2O2. The first-order valence-electron chi connectivity index (χ1n) is 10.5. The first-order chi connectivity index (χ1) is 15.1. The number of hydrogen-bond donors (Lipinski definition) is 1. The summed E-state index contributed by atoms with van der Waals surface area (Å²) >= 11 is 0. The average Bonchev–Trinajstić information content (AvgIpc) is 3.11. The van der Waals surface area contributed by atoms with E-state index in [-0.39, 0.29) is 5.92 Å². The van der Waals surface area contributed by atoms with Crippen LogP contribution < -0.4 is 10.2 Å². The van der Waals surface area contributed by atoms with E-state index in [1.807, 2.05) is 67.5 Å². The van der Waals surface area contributed by atoms with Gasteiger partial charge < -0.3 is 15.0 Å². The van der Waals surface area contributed by atoms with Crippen LogP contribution in [0, 0.1) is 11.8 Å². The summed E-state index contributed by atoms with van der Waals surface area (Å²) in [5, 5.41) is 2.80. The summed E-state index contributed by atoms with van der Waals surface area (Å²) < 4.78 is 5.54. The molecule has 3 aromatic rings. The lowest BCUT2D eigenvalue weighted by atomic mass is 9.98. The molecule has 1 N–H and O–H groups in total. The summed E-state index contributed by atoms with van der Waals surface area (Å²) in [6, 6.07) is 24.7. The molecule has 0 bridgehead atoms. The van der Waals surface area contributed by atoms with Crippen molar-refractivity contribution in [3.63, 3.8) is 0 Å². The SMILES string of the molecule is CN(C)c1cccc(C#CCCNC(=O)OCC2c3ccccc3-c3ccccc32)c1. The Morgan fingerprint density at radius 3 is 2.32 bits per heavy atom. The molecule has 0 fully saturated rings. The van der Waals surface area contributed by atoms with Gasteiger partial charge in [-0.3, -0.25) is 0 Å². The maximum Gasteiger partial charge on any atom is 0.407 e. The highest BCUT2D eigenvalue weighted by Gasteiger charge is 2.28. The van der Waals surface area contributed by atoms with Gasteiger partial charge in [-0.05, 0) is 40.5 Å². The highest BCUT2D eigenvalue weighted by molar-refractivity contribution is 5.79. The van der Waals surface area contributed by atoms with Crippen molar-refractivity contribution in [1.82, 2.24) is 5.32 Å². The van der Waals surface area contributed by atoms with Gasteiger partial charge in [0.2, 0.25) is 0 Å². The molecule has 1 aliphatic carbocycles. The maximum absolute atomic E-state index is 12.2. The molecule has 0 heterocycles. The number of ether oxygens (including phenoxy) is 1. The Bertz CT molecular complexity index is 1100. The molecular weight excluding hydrogens is 384 g/mol. The molecule has 3 aromatic carbocycles. The number of nitrogens with one attached hydrogen (secondary N) is 1. The molecule has 0 aliphatic heterocycles. The van der Waals surface area contributed by atoms with Gasteiger partial charge in [0.25, 0.3) is 0 Å². The van der Waals surface area contributed by atoms with Gasteiger partial charge in [0.05, 0.1) is 0 Å². The van der Waals surface area contributed by atoms with E-state index in [0.717, 1.165) is 11.3 Å². The lowest BCUT2D eigenvalue weighted by Gasteiger charge is -2.14. The third-order valence-electron chi connectivity index (χ3n) is 5.46. The summed E-state index contributed by atoms with van der Waals surface area (Å²) in [6.07, 6.45) is 0.161. The predicted molar refractivity (Wildman–Crippen MR) is 125 cm³/mol. The Morgan fingerprint density at radius 2 is 1.65 bits per heavy atom. The lowest BCUT2D eigenvalue weighted by molar-refractivity contribution is 0.143. The van der Waals surface area contributed by atoms with Gasteiger partial charge in [0, 0.05) is 44.2 Å². The minimum absolute atomic E-state index is 0.0712. The molecule has 1 aliphatic rings. The second-order valence-corrected chi connectivity index (χ2v) is 7.75. The quantitative estimate of drug-likeness (QED) is 0.474. The van der Waals surface area contributed by atoms with E-state index in [1.54, 1.807) is 0 Å². The fraction of sp³-hybridized carbons (Fsp3) is 0.222. The topological polar surface area (TPSA) is 41.6 Å². The van der Waals surface area contributed by atoms with Gasteiger partial charge in [-0.1, -0.05) is 66.4 Å². The summed E-state index contributed by atoms with van der Waals surface area (Å²) in [7, 11) is 4.01. The molecule has 0 unspecified atom stereocenters. The van der Waals surface area contributed by atoms with E-state index in [9.17, 15) is 4.79 Å². The molecule has 31 heavy (non-hydrogen) atoms. The van der Waals surface area contributed by atoms with Crippen LogP contribution >= 0.6 is 0 Å². The van der Waals surface area contributed by atoms with E-state index < -0.39 is 6.09 Å². The zero-order valence-electron chi connectivity index (χ0n) is 17.9. The summed E-state index contributed by atoms with van der Waals surface area (Å²) in [5.41, 5.74) is 6.95. The highest BCUT2D eigenvalue weighted by atomic mass is 16.5. The van der Waals surface area contributed by atoms with Crippen molar-refractivity contribution in [3.05, 3.63) is 89.5 Å². The summed E-state index contributed by atoms with van der Waals surface area (Å²) in [4.78, 5) is 14.2. The van der Waals surface area contributed by atoms with Crippen LogP contribution in [0.3, 0.4) is 0 Å². The molecule has 0 saturated heterocycles. The fourth-order valence-corrected chi connectivity index (χ4v) is 3.90. The molecule has 4 heteroatoms. The van der Waals surface area contributed by atoms with Crippen LogP contribution in [-0.4, -0.2) is 33.3 Å². The van der Waals surface area contributed by atoms with Crippen molar-refractivity contribution in [2.75, 3.05) is 32.1 Å². The van der Waals surface area contributed by atoms with Crippen molar-refractivity contribution < 1.29 is 9.53 Å². The lowest BCUT2D eigenvalue weighted by Crippen LogP contribution is -2.26. The zero-order chi connectivity index (χ0) is 21.6. The highest BCUT2D eigenvalue weighted by Crippen LogP contribution is 2.44. The minimum atomic E-state index is -0.404. The summed E-state index contributed by atoms with van der Waals surface area (Å²) in [5.74, 6) is 6.32. The summed E-state index contributed by atoms with van der Waals surface area (Å²) in [6.45, 7) is 0.778. The van der Waals surface area contributed by atoms with Crippen LogP contribution in [0.4, 0.5) is 10.5 Å². The van der Waals surface area contributed by atoms with Crippen LogP contribution in [0.5, 0.6) is 0 Å². The monoisotopic (exact) mass is 410 g/mol. The molecule has 0 saturated carbocycles. The smallest absolute Gasteiger partial charge is 0.407 e. The third-order valence-corrected chi connectivity index (χ3v) is 5.46. The first kappa shape index (κ1) is 20.6. The molecule has 0 aromatic heterocycles. The van der Waals surface area contributed by atoms with Gasteiger partial charge in [-0.25, -0.2) is 4.79 Å². The number of alkyl carbamates (subject to hydrolysis) is 1. The number of benzene rings is 3. The van der Waals surface area contributed by atoms with Gasteiger partial charge in [-0.15, -0.1) is 0 Å². The number of carbonyl (C=O) groups is 1. The first-order valence-corrected chi connectivity index (χ1v) is 10.5. The Morgan fingerprint density at radius 1 is 0.968 bits per heavy atom. The largest absolute Gasteiger partial charge is 0.449 e. The predicted octanol–water partition coefficient (Wildman–Crippen LogP) is 5.03. The Labute approximate surface area is 183 Å². The van der Waals surface area contributed by atoms with Gasteiger partial charge in [0.15, 0.2) is 0 Å². The number of amides is 1. The molecule has 156 valence electrons. The Kier molecular flexibility index (Phi) is 6.24. The van der Waals surface area contributed by atoms with Crippen LogP contribution in [0.1, 0.15) is 29.0 Å². The van der Waals surface area contributed by atoms with Gasteiger partial charge >= 0.3 is 6.09 Å². The van der Waals surface area contributed by atoms with Crippen molar-refractivity contribution in [3.8, 4) is 23.0 Å². The average molecular weight is 411 g/mol. The standard InChI is InChI=1S/C27H26N2O2/c1-29(2)21-12-9-11-20(18-21)10-7-8-17-28-27(30)31-19-26-24-15-5-3-13-22(24)23-14-4-6-16-25(23)26/h3-6,9,11-16,18,26H,8,17,19H2,1-2H3,(H,28,30). The molecule has 4 rings (SSSR count). The molecule has 0 radical (unpaired) electrons. The van der Waals surface area contributed by atoms with Gasteiger partial charge in [-0.2, -0.15) is 0 Å². The molecule has 1 amide bonds. The fourth-order valence-electron chi connectivity index (χ4n) is 3.90. The number of anilines is 1. The van der Waals surface area contributed by atoms with Crippen molar-refractivity contribution in [2.24, 2.45) is 0 Å². The third kappa shape index (κ3) is 4.73. The van der Waals surface area contributed by atoms with Crippen LogP contribution in [0.15, 0.2) is 72.8 Å². The van der Waals surface area contributed by atoms with Crippen LogP contribution in [-0.2, 0) is 4.74 Å². The number of carbonyl (C=O) groups excluding carboxylic acids is 1. The number of fused-ring (bicyclic) bond motifs is 3. The van der Waals surface area contributed by atoms with E-state index >= 15 is 0 Å². The second kappa shape index (κ2) is 9.40. The number of nitrogens with zero attached hydrogens (tertiary/aromatic N) is 1. The van der Waals surface area contributed by atoms with Crippen molar-refractivity contribution in [2.45, 2.75) is 12.3 Å². The van der Waals surface area contributed by atoms with E-state index in [0.29, 0.717) is 19.6 Å². The van der Waals surface area contributed by atoms with Gasteiger partial charge in [0.1, 0.15) is 6.61 Å². The maximum atomic E-state index is 12.2. The second-order valence-electron chi connectivity index (χ2n) is 7.75. The minimum Gasteiger partial charge on any atom is -0.449 e. The Hall–Kier alpha value is -3.71. The van der Waals surface area contributed by atoms with Crippen LogP contribution in [0.2, 0.25) is 0 Å². The number of hydrogen-bond acceptors (Lipinski definition) is 3. The Balaban J connectivity index is 1.28.